The second-order valence-electron chi connectivity index (χ2n) is 5.43. The van der Waals surface area contributed by atoms with Crippen LogP contribution in [0.5, 0.6) is 0 Å². The Bertz CT molecular complexity index is 614. The third kappa shape index (κ3) is 3.04. The molecule has 0 amide bonds. The number of nitrogens with zero attached hydrogens (tertiary/aromatic N) is 1. The van der Waals surface area contributed by atoms with Crippen LogP contribution < -0.4 is 11.3 Å². The third-order valence-electron chi connectivity index (χ3n) is 3.46. The van der Waals surface area contributed by atoms with Crippen molar-refractivity contribution in [2.24, 2.45) is 11.7 Å². The molecule has 19 heavy (non-hydrogen) atoms. The molecule has 0 bridgehead atoms. The van der Waals surface area contributed by atoms with E-state index in [4.69, 9.17) is 5.73 Å². The quantitative estimate of drug-likeness (QED) is 0.896. The van der Waals surface area contributed by atoms with Crippen LogP contribution in [0.4, 0.5) is 0 Å². The predicted molar refractivity (Wildman–Crippen MR) is 80.2 cm³/mol. The standard InChI is InChI=1S/C16H22N2O/c1-12(2)6-5-9-18-15-8-4-3-7-13(15)10-14(11-17)16(18)19/h3-4,7-8,10,12H,5-6,9,11,17H2,1-2H3. The largest absolute Gasteiger partial charge is 0.326 e. The number of hydrogen-bond donors (Lipinski definition) is 1. The number of fused-ring (bicyclic) bond motifs is 1. The first-order chi connectivity index (χ1) is 9.13. The van der Waals surface area contributed by atoms with Crippen LogP contribution >= 0.6 is 0 Å². The Morgan fingerprint density at radius 3 is 2.68 bits per heavy atom. The normalized spacial score (nSPS) is 11.4. The highest BCUT2D eigenvalue weighted by Crippen LogP contribution is 2.14. The minimum absolute atomic E-state index is 0.0601. The van der Waals surface area contributed by atoms with Crippen molar-refractivity contribution in [3.8, 4) is 0 Å². The summed E-state index contributed by atoms with van der Waals surface area (Å²) in [6.07, 6.45) is 2.16. The van der Waals surface area contributed by atoms with Crippen molar-refractivity contribution in [1.82, 2.24) is 4.57 Å². The van der Waals surface area contributed by atoms with Gasteiger partial charge in [-0.2, -0.15) is 0 Å². The van der Waals surface area contributed by atoms with Gasteiger partial charge in [0.2, 0.25) is 0 Å². The van der Waals surface area contributed by atoms with Crippen molar-refractivity contribution in [2.75, 3.05) is 0 Å². The first-order valence-electron chi connectivity index (χ1n) is 6.95. The molecule has 0 saturated heterocycles. The van der Waals surface area contributed by atoms with Crippen molar-refractivity contribution in [3.05, 3.63) is 46.2 Å². The second kappa shape index (κ2) is 6.02. The van der Waals surface area contributed by atoms with Gasteiger partial charge in [0.15, 0.2) is 0 Å². The highest BCUT2D eigenvalue weighted by molar-refractivity contribution is 5.79. The Labute approximate surface area is 114 Å². The molecule has 0 atom stereocenters. The van der Waals surface area contributed by atoms with Gasteiger partial charge in [-0.05, 0) is 36.3 Å². The molecule has 0 aliphatic heterocycles. The van der Waals surface area contributed by atoms with Gasteiger partial charge in [0.25, 0.3) is 5.56 Å². The highest BCUT2D eigenvalue weighted by atomic mass is 16.1. The molecule has 0 aliphatic rings. The summed E-state index contributed by atoms with van der Waals surface area (Å²) >= 11 is 0. The Hall–Kier alpha value is -1.61. The molecule has 0 fully saturated rings. The molecule has 0 unspecified atom stereocenters. The van der Waals surface area contributed by atoms with Crippen molar-refractivity contribution in [2.45, 2.75) is 39.8 Å². The molecule has 0 spiro atoms. The van der Waals surface area contributed by atoms with Gasteiger partial charge in [-0.1, -0.05) is 32.0 Å². The van der Waals surface area contributed by atoms with Gasteiger partial charge in [0, 0.05) is 18.7 Å². The zero-order valence-corrected chi connectivity index (χ0v) is 11.7. The topological polar surface area (TPSA) is 48.0 Å². The van der Waals surface area contributed by atoms with Gasteiger partial charge in [0.05, 0.1) is 5.52 Å². The lowest BCUT2D eigenvalue weighted by Gasteiger charge is -2.13. The van der Waals surface area contributed by atoms with Crippen LogP contribution in [0.1, 0.15) is 32.3 Å². The van der Waals surface area contributed by atoms with Crippen molar-refractivity contribution < 1.29 is 0 Å². The number of para-hydroxylation sites is 1. The maximum Gasteiger partial charge on any atom is 0.255 e. The van der Waals surface area contributed by atoms with E-state index in [2.05, 4.69) is 13.8 Å². The average molecular weight is 258 g/mol. The smallest absolute Gasteiger partial charge is 0.255 e. The summed E-state index contributed by atoms with van der Waals surface area (Å²) in [5.41, 5.74) is 7.44. The molecule has 3 heteroatoms. The second-order valence-corrected chi connectivity index (χ2v) is 5.43. The fourth-order valence-electron chi connectivity index (χ4n) is 2.41. The SMILES string of the molecule is CC(C)CCCn1c(=O)c(CN)cc2ccccc21. The lowest BCUT2D eigenvalue weighted by Crippen LogP contribution is -2.25. The molecule has 2 N–H and O–H groups in total. The summed E-state index contributed by atoms with van der Waals surface area (Å²) in [6.45, 7) is 5.48. The Morgan fingerprint density at radius 1 is 1.26 bits per heavy atom. The van der Waals surface area contributed by atoms with Crippen LogP contribution in [0.2, 0.25) is 0 Å². The van der Waals surface area contributed by atoms with Gasteiger partial charge < -0.3 is 10.3 Å². The monoisotopic (exact) mass is 258 g/mol. The predicted octanol–water partition coefficient (Wildman–Crippen LogP) is 2.90. The number of hydrogen-bond acceptors (Lipinski definition) is 2. The van der Waals surface area contributed by atoms with Crippen LogP contribution in [-0.2, 0) is 13.1 Å². The lowest BCUT2D eigenvalue weighted by atomic mass is 10.1. The molecule has 3 nitrogen and oxygen atoms in total. The third-order valence-corrected chi connectivity index (χ3v) is 3.46. The number of benzene rings is 1. The van der Waals surface area contributed by atoms with E-state index in [9.17, 15) is 4.79 Å². The van der Waals surface area contributed by atoms with Crippen LogP contribution in [0.3, 0.4) is 0 Å². The number of aromatic nitrogens is 1. The molecular formula is C16H22N2O. The maximum atomic E-state index is 12.4. The van der Waals surface area contributed by atoms with Crippen molar-refractivity contribution >= 4 is 10.9 Å². The van der Waals surface area contributed by atoms with Crippen LogP contribution in [0.15, 0.2) is 35.1 Å². The molecule has 0 saturated carbocycles. The number of rotatable bonds is 5. The highest BCUT2D eigenvalue weighted by Gasteiger charge is 2.08. The van der Waals surface area contributed by atoms with Gasteiger partial charge in [0.1, 0.15) is 0 Å². The number of aryl methyl sites for hydroxylation is 1. The first-order valence-corrected chi connectivity index (χ1v) is 6.95. The fourth-order valence-corrected chi connectivity index (χ4v) is 2.41. The fraction of sp³-hybridized carbons (Fsp3) is 0.438. The van der Waals surface area contributed by atoms with E-state index in [-0.39, 0.29) is 5.56 Å². The van der Waals surface area contributed by atoms with Crippen molar-refractivity contribution in [1.29, 1.82) is 0 Å². The minimum atomic E-state index is 0.0601. The summed E-state index contributed by atoms with van der Waals surface area (Å²) in [7, 11) is 0. The molecule has 102 valence electrons. The van der Waals surface area contributed by atoms with E-state index in [0.717, 1.165) is 30.3 Å². The Balaban J connectivity index is 2.44. The molecule has 1 aromatic carbocycles. The van der Waals surface area contributed by atoms with Crippen LogP contribution in [0, 0.1) is 5.92 Å². The minimum Gasteiger partial charge on any atom is -0.326 e. The number of nitrogens with two attached hydrogens (primary N) is 1. The van der Waals surface area contributed by atoms with Gasteiger partial charge >= 0.3 is 0 Å². The van der Waals surface area contributed by atoms with Gasteiger partial charge in [-0.25, -0.2) is 0 Å². The van der Waals surface area contributed by atoms with E-state index < -0.39 is 0 Å². The molecular weight excluding hydrogens is 236 g/mol. The summed E-state index contributed by atoms with van der Waals surface area (Å²) in [5.74, 6) is 0.666. The van der Waals surface area contributed by atoms with E-state index in [1.165, 1.54) is 0 Å². The Morgan fingerprint density at radius 2 is 2.00 bits per heavy atom. The van der Waals surface area contributed by atoms with E-state index in [1.54, 1.807) is 0 Å². The first kappa shape index (κ1) is 13.8. The van der Waals surface area contributed by atoms with Crippen LogP contribution in [0.25, 0.3) is 10.9 Å². The van der Waals surface area contributed by atoms with E-state index in [0.29, 0.717) is 18.0 Å². The Kier molecular flexibility index (Phi) is 4.38. The summed E-state index contributed by atoms with van der Waals surface area (Å²) < 4.78 is 1.87. The van der Waals surface area contributed by atoms with Crippen molar-refractivity contribution in [3.63, 3.8) is 0 Å². The number of pyridine rings is 1. The van der Waals surface area contributed by atoms with Gasteiger partial charge in [-0.15, -0.1) is 0 Å². The van der Waals surface area contributed by atoms with Crippen LogP contribution in [-0.4, -0.2) is 4.57 Å². The van der Waals surface area contributed by atoms with E-state index in [1.807, 2.05) is 34.9 Å². The average Bonchev–Trinajstić information content (AvgIpc) is 2.40. The van der Waals surface area contributed by atoms with E-state index >= 15 is 0 Å². The summed E-state index contributed by atoms with van der Waals surface area (Å²) in [6, 6.07) is 9.92. The molecule has 0 radical (unpaired) electrons. The zero-order valence-electron chi connectivity index (χ0n) is 11.7. The van der Waals surface area contributed by atoms with Gasteiger partial charge in [-0.3, -0.25) is 4.79 Å². The maximum absolute atomic E-state index is 12.4. The molecule has 1 heterocycles. The molecule has 2 aromatic rings. The lowest BCUT2D eigenvalue weighted by molar-refractivity contribution is 0.511. The molecule has 1 aromatic heterocycles. The molecule has 0 aliphatic carbocycles. The summed E-state index contributed by atoms with van der Waals surface area (Å²) in [4.78, 5) is 12.4. The summed E-state index contributed by atoms with van der Waals surface area (Å²) in [5, 5.41) is 1.09. The zero-order chi connectivity index (χ0) is 13.8. The molecule has 2 rings (SSSR count).